The molecule has 1 aliphatic rings. The van der Waals surface area contributed by atoms with E-state index in [4.69, 9.17) is 0 Å². The maximum atomic E-state index is 12.6. The summed E-state index contributed by atoms with van der Waals surface area (Å²) in [4.78, 5) is 0.285. The molecule has 2 aromatic carbocycles. The van der Waals surface area contributed by atoms with Gasteiger partial charge in [-0.1, -0.05) is 18.2 Å². The highest BCUT2D eigenvalue weighted by Crippen LogP contribution is 2.26. The molecule has 0 aliphatic heterocycles. The first-order valence-corrected chi connectivity index (χ1v) is 9.09. The van der Waals surface area contributed by atoms with Crippen LogP contribution in [-0.4, -0.2) is 29.0 Å². The lowest BCUT2D eigenvalue weighted by Crippen LogP contribution is -2.13. The van der Waals surface area contributed by atoms with Crippen molar-refractivity contribution in [3.63, 3.8) is 0 Å². The molecule has 4 rings (SSSR count). The Morgan fingerprint density at radius 2 is 1.92 bits per heavy atom. The van der Waals surface area contributed by atoms with Crippen molar-refractivity contribution in [3.05, 3.63) is 53.6 Å². The zero-order valence-corrected chi connectivity index (χ0v) is 13.5. The fourth-order valence-corrected chi connectivity index (χ4v) is 4.04. The van der Waals surface area contributed by atoms with Crippen LogP contribution in [0.1, 0.15) is 17.5 Å². The average Bonchev–Trinajstić information content (AvgIpc) is 3.25. The minimum absolute atomic E-state index is 0.285. The van der Waals surface area contributed by atoms with Crippen LogP contribution in [0.4, 0.5) is 5.69 Å². The summed E-state index contributed by atoms with van der Waals surface area (Å²) in [7, 11) is -3.63. The number of nitrogens with zero attached hydrogens (tertiary/aromatic N) is 3. The van der Waals surface area contributed by atoms with Crippen LogP contribution in [0.25, 0.3) is 11.4 Å². The van der Waals surface area contributed by atoms with Crippen molar-refractivity contribution in [1.82, 2.24) is 20.6 Å². The second-order valence-electron chi connectivity index (χ2n) is 5.71. The van der Waals surface area contributed by atoms with Crippen LogP contribution in [0.15, 0.2) is 47.4 Å². The van der Waals surface area contributed by atoms with Crippen molar-refractivity contribution in [2.45, 2.75) is 24.2 Å². The maximum Gasteiger partial charge on any atom is 0.261 e. The van der Waals surface area contributed by atoms with Crippen LogP contribution in [0.2, 0.25) is 0 Å². The first-order chi connectivity index (χ1) is 11.6. The Morgan fingerprint density at radius 3 is 2.75 bits per heavy atom. The molecule has 122 valence electrons. The van der Waals surface area contributed by atoms with Gasteiger partial charge in [0.05, 0.1) is 4.90 Å². The average molecular weight is 341 g/mol. The number of aryl methyl sites for hydroxylation is 2. The van der Waals surface area contributed by atoms with E-state index in [2.05, 4.69) is 25.3 Å². The summed E-state index contributed by atoms with van der Waals surface area (Å²) >= 11 is 0. The third-order valence-corrected chi connectivity index (χ3v) is 5.48. The lowest BCUT2D eigenvalue weighted by molar-refractivity contribution is 0.601. The molecule has 0 fully saturated rings. The molecule has 7 nitrogen and oxygen atoms in total. The summed E-state index contributed by atoms with van der Waals surface area (Å²) in [6, 6.07) is 12.2. The standard InChI is InChI=1S/C16H15N5O2S/c22-24(23,15-8-7-11-3-1-4-12(11)10-15)19-14-6-2-5-13(9-14)16-17-20-21-18-16/h2,5-10,19H,1,3-4H2,(H,17,18,20,21). The number of hydrogen-bond donors (Lipinski definition) is 2. The van der Waals surface area contributed by atoms with E-state index in [1.807, 2.05) is 6.07 Å². The normalized spacial score (nSPS) is 13.7. The highest BCUT2D eigenvalue weighted by molar-refractivity contribution is 7.92. The first kappa shape index (κ1) is 14.8. The summed E-state index contributed by atoms with van der Waals surface area (Å²) in [5, 5.41) is 13.7. The highest BCUT2D eigenvalue weighted by Gasteiger charge is 2.19. The Bertz CT molecular complexity index is 983. The summed E-state index contributed by atoms with van der Waals surface area (Å²) < 4.78 is 27.9. The number of aromatic nitrogens is 4. The molecule has 24 heavy (non-hydrogen) atoms. The predicted octanol–water partition coefficient (Wildman–Crippen LogP) is 2.16. The lowest BCUT2D eigenvalue weighted by Gasteiger charge is -2.10. The van der Waals surface area contributed by atoms with E-state index in [9.17, 15) is 8.42 Å². The zero-order chi connectivity index (χ0) is 16.6. The summed E-state index contributed by atoms with van der Waals surface area (Å²) in [6.07, 6.45) is 3.04. The SMILES string of the molecule is O=S(=O)(Nc1cccc(-c2nn[nH]n2)c1)c1ccc2c(c1)CCC2. The van der Waals surface area contributed by atoms with Gasteiger partial charge in [0.2, 0.25) is 5.82 Å². The van der Waals surface area contributed by atoms with Crippen molar-refractivity contribution in [2.24, 2.45) is 0 Å². The molecule has 1 aliphatic carbocycles. The molecular formula is C16H15N5O2S. The van der Waals surface area contributed by atoms with Gasteiger partial charge in [0.1, 0.15) is 0 Å². The molecule has 0 amide bonds. The van der Waals surface area contributed by atoms with E-state index in [1.165, 1.54) is 5.56 Å². The van der Waals surface area contributed by atoms with E-state index >= 15 is 0 Å². The van der Waals surface area contributed by atoms with Crippen LogP contribution >= 0.6 is 0 Å². The largest absolute Gasteiger partial charge is 0.280 e. The number of H-pyrrole nitrogens is 1. The molecule has 0 bridgehead atoms. The smallest absolute Gasteiger partial charge is 0.261 e. The molecular weight excluding hydrogens is 326 g/mol. The second kappa shape index (κ2) is 5.72. The van der Waals surface area contributed by atoms with Gasteiger partial charge in [-0.25, -0.2) is 8.42 Å². The quantitative estimate of drug-likeness (QED) is 0.757. The van der Waals surface area contributed by atoms with Crippen LogP contribution in [0, 0.1) is 0 Å². The Balaban J connectivity index is 1.63. The zero-order valence-electron chi connectivity index (χ0n) is 12.7. The summed E-state index contributed by atoms with van der Waals surface area (Å²) in [6.45, 7) is 0. The lowest BCUT2D eigenvalue weighted by atomic mass is 10.1. The van der Waals surface area contributed by atoms with E-state index in [1.54, 1.807) is 36.4 Å². The number of benzene rings is 2. The number of sulfonamides is 1. The summed E-state index contributed by atoms with van der Waals surface area (Å²) in [5.41, 5.74) is 3.50. The van der Waals surface area contributed by atoms with Gasteiger partial charge in [-0.2, -0.15) is 5.21 Å². The van der Waals surface area contributed by atoms with Crippen LogP contribution in [-0.2, 0) is 22.9 Å². The molecule has 1 aromatic heterocycles. The minimum Gasteiger partial charge on any atom is -0.280 e. The van der Waals surface area contributed by atoms with Gasteiger partial charge in [-0.3, -0.25) is 4.72 Å². The second-order valence-corrected chi connectivity index (χ2v) is 7.39. The van der Waals surface area contributed by atoms with Gasteiger partial charge in [0.25, 0.3) is 10.0 Å². The molecule has 0 saturated carbocycles. The number of tetrazole rings is 1. The van der Waals surface area contributed by atoms with Gasteiger partial charge < -0.3 is 0 Å². The first-order valence-electron chi connectivity index (χ1n) is 7.60. The van der Waals surface area contributed by atoms with Crippen LogP contribution in [0.5, 0.6) is 0 Å². The van der Waals surface area contributed by atoms with E-state index < -0.39 is 10.0 Å². The number of anilines is 1. The molecule has 0 unspecified atom stereocenters. The third-order valence-electron chi connectivity index (χ3n) is 4.10. The monoisotopic (exact) mass is 341 g/mol. The fraction of sp³-hybridized carbons (Fsp3) is 0.188. The van der Waals surface area contributed by atoms with Crippen molar-refractivity contribution in [2.75, 3.05) is 4.72 Å². The van der Waals surface area contributed by atoms with Gasteiger partial charge in [0, 0.05) is 11.3 Å². The Kier molecular flexibility index (Phi) is 3.53. The van der Waals surface area contributed by atoms with Crippen molar-refractivity contribution in [1.29, 1.82) is 0 Å². The Labute approximate surface area is 139 Å². The number of nitrogens with one attached hydrogen (secondary N) is 2. The van der Waals surface area contributed by atoms with Crippen molar-refractivity contribution >= 4 is 15.7 Å². The van der Waals surface area contributed by atoms with E-state index in [0.717, 1.165) is 24.8 Å². The van der Waals surface area contributed by atoms with E-state index in [-0.39, 0.29) is 4.90 Å². The molecule has 1 heterocycles. The highest BCUT2D eigenvalue weighted by atomic mass is 32.2. The molecule has 0 atom stereocenters. The van der Waals surface area contributed by atoms with Crippen LogP contribution in [0.3, 0.4) is 0 Å². The van der Waals surface area contributed by atoms with Crippen LogP contribution < -0.4 is 4.72 Å². The summed E-state index contributed by atoms with van der Waals surface area (Å²) in [5.74, 6) is 0.411. The Hall–Kier alpha value is -2.74. The van der Waals surface area contributed by atoms with E-state index in [0.29, 0.717) is 17.1 Å². The molecule has 2 N–H and O–H groups in total. The molecule has 0 radical (unpaired) electrons. The topological polar surface area (TPSA) is 101 Å². The third kappa shape index (κ3) is 2.76. The number of aromatic amines is 1. The molecule has 3 aromatic rings. The minimum atomic E-state index is -3.63. The molecule has 0 saturated heterocycles. The Morgan fingerprint density at radius 1 is 1.04 bits per heavy atom. The van der Waals surface area contributed by atoms with Gasteiger partial charge in [-0.15, -0.1) is 10.2 Å². The van der Waals surface area contributed by atoms with Gasteiger partial charge in [-0.05, 0) is 59.9 Å². The fourth-order valence-electron chi connectivity index (χ4n) is 2.94. The van der Waals surface area contributed by atoms with Gasteiger partial charge in [0.15, 0.2) is 0 Å². The van der Waals surface area contributed by atoms with Crippen molar-refractivity contribution < 1.29 is 8.42 Å². The van der Waals surface area contributed by atoms with Gasteiger partial charge >= 0.3 is 0 Å². The number of hydrogen-bond acceptors (Lipinski definition) is 5. The number of fused-ring (bicyclic) bond motifs is 1. The maximum absolute atomic E-state index is 12.6. The molecule has 0 spiro atoms. The number of rotatable bonds is 4. The molecule has 8 heteroatoms. The van der Waals surface area contributed by atoms with Crippen molar-refractivity contribution in [3.8, 4) is 11.4 Å². The predicted molar refractivity (Wildman–Crippen MR) is 88.9 cm³/mol.